The van der Waals surface area contributed by atoms with Crippen molar-refractivity contribution in [1.82, 2.24) is 10.3 Å². The quantitative estimate of drug-likeness (QED) is 0.390. The smallest absolute Gasteiger partial charge is 0.336 e. The Kier molecular flexibility index (Phi) is 8.24. The fraction of sp³-hybridized carbons (Fsp3) is 0.321. The molecule has 2 heterocycles. The summed E-state index contributed by atoms with van der Waals surface area (Å²) >= 11 is 1.19. The van der Waals surface area contributed by atoms with E-state index in [9.17, 15) is 18.0 Å². The number of hydrogen-bond donors (Lipinski definition) is 2. The van der Waals surface area contributed by atoms with Gasteiger partial charge >= 0.3 is 11.9 Å². The fourth-order valence-electron chi connectivity index (χ4n) is 5.22. The molecule has 11 heteroatoms. The second kappa shape index (κ2) is 11.3. The lowest BCUT2D eigenvalue weighted by atomic mass is 9.62. The van der Waals surface area contributed by atoms with Crippen LogP contribution < -0.4 is 10.5 Å². The van der Waals surface area contributed by atoms with Gasteiger partial charge < -0.3 is 14.8 Å². The summed E-state index contributed by atoms with van der Waals surface area (Å²) < 4.78 is 35.7. The third-order valence-electron chi connectivity index (χ3n) is 6.83. The van der Waals surface area contributed by atoms with Crippen LogP contribution in [0.3, 0.4) is 0 Å². The van der Waals surface area contributed by atoms with E-state index in [1.165, 1.54) is 17.4 Å². The van der Waals surface area contributed by atoms with Crippen molar-refractivity contribution < 1.29 is 27.5 Å². The first-order valence-corrected chi connectivity index (χ1v) is 14.9. The summed E-state index contributed by atoms with van der Waals surface area (Å²) in [5.74, 6) is -1.91. The molecule has 3 atom stereocenters. The van der Waals surface area contributed by atoms with Crippen molar-refractivity contribution in [2.45, 2.75) is 50.0 Å². The molecule has 3 unspecified atom stereocenters. The maximum absolute atomic E-state index is 14.1. The van der Waals surface area contributed by atoms with Gasteiger partial charge in [-0.05, 0) is 39.3 Å². The van der Waals surface area contributed by atoms with Crippen molar-refractivity contribution >= 4 is 33.3 Å². The number of primary sulfonamides is 1. The van der Waals surface area contributed by atoms with E-state index in [0.717, 1.165) is 0 Å². The maximum atomic E-state index is 14.1. The lowest BCUT2D eigenvalue weighted by Gasteiger charge is -2.46. The molecule has 0 aliphatic carbocycles. The van der Waals surface area contributed by atoms with Crippen molar-refractivity contribution in [2.24, 2.45) is 5.14 Å². The molecule has 2 aromatic carbocycles. The second-order valence-corrected chi connectivity index (χ2v) is 11.5. The Morgan fingerprint density at radius 3 is 2.33 bits per heavy atom. The molecule has 3 N–H and O–H groups in total. The van der Waals surface area contributed by atoms with Crippen LogP contribution in [0.25, 0.3) is 11.3 Å². The van der Waals surface area contributed by atoms with Gasteiger partial charge in [0.2, 0.25) is 10.0 Å². The number of rotatable bonds is 8. The molecule has 0 saturated carbocycles. The van der Waals surface area contributed by atoms with E-state index in [1.807, 2.05) is 37.3 Å². The number of nitrogens with one attached hydrogen (secondary N) is 1. The van der Waals surface area contributed by atoms with Gasteiger partial charge in [0, 0.05) is 28.6 Å². The Labute approximate surface area is 232 Å². The Bertz CT molecular complexity index is 1520. The van der Waals surface area contributed by atoms with Gasteiger partial charge in [-0.3, -0.25) is 4.79 Å². The molecule has 0 amide bonds. The zero-order valence-corrected chi connectivity index (χ0v) is 23.8. The number of esters is 2. The van der Waals surface area contributed by atoms with E-state index >= 15 is 0 Å². The highest BCUT2D eigenvalue weighted by molar-refractivity contribution is 7.89. The average molecular weight is 570 g/mol. The number of benzene rings is 2. The molecule has 0 spiro atoms. The number of nitrogens with two attached hydrogens (primary N) is 1. The van der Waals surface area contributed by atoms with Crippen molar-refractivity contribution in [3.63, 3.8) is 0 Å². The molecule has 9 nitrogen and oxygen atoms in total. The largest absolute Gasteiger partial charge is 0.465 e. The van der Waals surface area contributed by atoms with E-state index < -0.39 is 39.3 Å². The lowest BCUT2D eigenvalue weighted by Crippen LogP contribution is -2.60. The number of allylic oxidation sites excluding steroid dienone is 1. The van der Waals surface area contributed by atoms with Crippen LogP contribution in [0.1, 0.15) is 44.2 Å². The molecule has 39 heavy (non-hydrogen) atoms. The summed E-state index contributed by atoms with van der Waals surface area (Å²) in [5.41, 5.74) is 0.765. The van der Waals surface area contributed by atoms with Gasteiger partial charge in [-0.25, -0.2) is 23.3 Å². The molecule has 0 bridgehead atoms. The van der Waals surface area contributed by atoms with Crippen LogP contribution in [0, 0.1) is 0 Å². The predicted molar refractivity (Wildman–Crippen MR) is 148 cm³/mol. The summed E-state index contributed by atoms with van der Waals surface area (Å²) in [6, 6.07) is 15.0. The number of carbonyl (C=O) groups excluding carboxylic acids is 2. The SMILES string of the molecule is CCOC(=O)C1=C(C)NC(C)C(C(=O)OCC)(c2nc(-c3ccccc3S(N)(=O)=O)cs2)C1c1ccccc1. The Morgan fingerprint density at radius 2 is 1.69 bits per heavy atom. The van der Waals surface area contributed by atoms with E-state index in [-0.39, 0.29) is 18.1 Å². The molecular formula is C28H31N3O6S2. The minimum atomic E-state index is -4.04. The Morgan fingerprint density at radius 1 is 1.05 bits per heavy atom. The van der Waals surface area contributed by atoms with E-state index in [1.54, 1.807) is 44.4 Å². The predicted octanol–water partition coefficient (Wildman–Crippen LogP) is 3.87. The number of hydrogen-bond acceptors (Lipinski definition) is 9. The van der Waals surface area contributed by atoms with Crippen molar-refractivity contribution in [3.05, 3.63) is 81.8 Å². The molecule has 0 saturated heterocycles. The first-order chi connectivity index (χ1) is 18.6. The number of thiazole rings is 1. The third-order valence-corrected chi connectivity index (χ3v) is 8.80. The molecule has 0 radical (unpaired) electrons. The van der Waals surface area contributed by atoms with Gasteiger partial charge in [0.1, 0.15) is 5.01 Å². The van der Waals surface area contributed by atoms with Crippen LogP contribution in [0.4, 0.5) is 0 Å². The van der Waals surface area contributed by atoms with Gasteiger partial charge in [-0.1, -0.05) is 48.5 Å². The summed E-state index contributed by atoms with van der Waals surface area (Å²) in [6.45, 7) is 7.33. The molecule has 4 rings (SSSR count). The van der Waals surface area contributed by atoms with Crippen LogP contribution in [0.15, 0.2) is 76.1 Å². The molecule has 1 aliphatic heterocycles. The first-order valence-electron chi connectivity index (χ1n) is 12.5. The van der Waals surface area contributed by atoms with Gasteiger partial charge in [0.05, 0.1) is 29.4 Å². The van der Waals surface area contributed by atoms with E-state index in [4.69, 9.17) is 19.6 Å². The summed E-state index contributed by atoms with van der Waals surface area (Å²) in [6.07, 6.45) is 0. The number of ether oxygens (including phenoxy) is 2. The fourth-order valence-corrected chi connectivity index (χ4v) is 7.09. The average Bonchev–Trinajstić information content (AvgIpc) is 3.39. The highest BCUT2D eigenvalue weighted by Gasteiger charge is 2.60. The molecule has 1 aromatic heterocycles. The monoisotopic (exact) mass is 569 g/mol. The molecule has 3 aromatic rings. The zero-order chi connectivity index (χ0) is 28.4. The Hall–Kier alpha value is -3.54. The molecule has 1 aliphatic rings. The zero-order valence-electron chi connectivity index (χ0n) is 22.1. The molecule has 206 valence electrons. The van der Waals surface area contributed by atoms with Crippen molar-refractivity contribution in [1.29, 1.82) is 0 Å². The number of sulfonamides is 1. The highest BCUT2D eigenvalue weighted by atomic mass is 32.2. The van der Waals surface area contributed by atoms with Crippen LogP contribution in [-0.4, -0.2) is 44.6 Å². The van der Waals surface area contributed by atoms with Crippen LogP contribution in [-0.2, 0) is 34.5 Å². The standard InChI is InChI=1S/C28H31N3O6S2/c1-5-36-25(32)23-17(3)30-18(4)28(27(33)37-6-2,24(23)19-12-8-7-9-13-19)26-31-21(16-38-26)20-14-10-11-15-22(20)39(29,34)35/h7-16,18,24,30H,5-6H2,1-4H3,(H2,29,34,35). The van der Waals surface area contributed by atoms with Crippen molar-refractivity contribution in [2.75, 3.05) is 13.2 Å². The lowest BCUT2D eigenvalue weighted by molar-refractivity contribution is -0.153. The topological polar surface area (TPSA) is 138 Å². The van der Waals surface area contributed by atoms with Gasteiger partial charge in [-0.2, -0.15) is 0 Å². The van der Waals surface area contributed by atoms with E-state index in [2.05, 4.69) is 5.32 Å². The second-order valence-electron chi connectivity index (χ2n) is 9.14. The normalized spacial score (nSPS) is 21.3. The number of aromatic nitrogens is 1. The summed E-state index contributed by atoms with van der Waals surface area (Å²) in [4.78, 5) is 32.3. The van der Waals surface area contributed by atoms with Crippen molar-refractivity contribution in [3.8, 4) is 11.3 Å². The number of carbonyl (C=O) groups is 2. The third kappa shape index (κ3) is 5.09. The minimum absolute atomic E-state index is 0.0792. The van der Waals surface area contributed by atoms with Gasteiger partial charge in [0.15, 0.2) is 5.41 Å². The molecular weight excluding hydrogens is 538 g/mol. The highest BCUT2D eigenvalue weighted by Crippen LogP contribution is 2.52. The minimum Gasteiger partial charge on any atom is -0.465 e. The summed E-state index contributed by atoms with van der Waals surface area (Å²) in [5, 5.41) is 10.8. The number of nitrogens with zero attached hydrogens (tertiary/aromatic N) is 1. The Balaban J connectivity index is 2.04. The maximum Gasteiger partial charge on any atom is 0.336 e. The summed E-state index contributed by atoms with van der Waals surface area (Å²) in [7, 11) is -4.04. The van der Waals surface area contributed by atoms with Gasteiger partial charge in [-0.15, -0.1) is 11.3 Å². The van der Waals surface area contributed by atoms with Crippen LogP contribution >= 0.6 is 11.3 Å². The molecule has 0 fully saturated rings. The van der Waals surface area contributed by atoms with E-state index in [0.29, 0.717) is 33.1 Å². The van der Waals surface area contributed by atoms with Gasteiger partial charge in [0.25, 0.3) is 0 Å². The van der Waals surface area contributed by atoms with Crippen LogP contribution in [0.5, 0.6) is 0 Å². The first kappa shape index (κ1) is 28.5. The van der Waals surface area contributed by atoms with Crippen LogP contribution in [0.2, 0.25) is 0 Å².